The molecule has 1 fully saturated rings. The van der Waals surface area contributed by atoms with Gasteiger partial charge in [-0.25, -0.2) is 4.79 Å². The highest BCUT2D eigenvalue weighted by atomic mass is 16.6. The van der Waals surface area contributed by atoms with Crippen LogP contribution in [0.15, 0.2) is 18.2 Å². The minimum absolute atomic E-state index is 0.0135. The van der Waals surface area contributed by atoms with Gasteiger partial charge in [-0.05, 0) is 24.1 Å². The Labute approximate surface area is 88.0 Å². The van der Waals surface area contributed by atoms with Crippen molar-refractivity contribution in [3.8, 4) is 0 Å². The molecule has 0 aliphatic carbocycles. The average molecular weight is 204 g/mol. The minimum atomic E-state index is -0.202. The molecule has 2 heterocycles. The summed E-state index contributed by atoms with van der Waals surface area (Å²) in [6.45, 7) is 2.72. The van der Waals surface area contributed by atoms with Crippen LogP contribution in [0, 0.1) is 0 Å². The number of epoxide rings is 1. The number of esters is 1. The Morgan fingerprint density at radius 1 is 1.40 bits per heavy atom. The number of rotatable bonds is 1. The number of ether oxygens (including phenoxy) is 2. The molecule has 0 aromatic heterocycles. The van der Waals surface area contributed by atoms with Gasteiger partial charge in [0.2, 0.25) is 0 Å². The van der Waals surface area contributed by atoms with Gasteiger partial charge in [0.05, 0.1) is 12.2 Å². The summed E-state index contributed by atoms with van der Waals surface area (Å²) in [6, 6.07) is 5.87. The van der Waals surface area contributed by atoms with Crippen LogP contribution in [0.4, 0.5) is 0 Å². The van der Waals surface area contributed by atoms with Crippen molar-refractivity contribution in [2.45, 2.75) is 25.6 Å². The van der Waals surface area contributed by atoms with Crippen molar-refractivity contribution in [3.05, 3.63) is 34.9 Å². The molecule has 1 aromatic carbocycles. The standard InChI is InChI=1S/C12H12O3/c1-7-4-9-5-8(11-6-14-11)2-3-10(9)12(13)15-7/h2-3,5,7,11H,4,6H2,1H3/t7-,11-/m1/s1. The fourth-order valence-corrected chi connectivity index (χ4v) is 2.02. The molecule has 0 radical (unpaired) electrons. The Morgan fingerprint density at radius 3 is 2.93 bits per heavy atom. The molecule has 78 valence electrons. The molecule has 0 unspecified atom stereocenters. The molecule has 0 N–H and O–H groups in total. The summed E-state index contributed by atoms with van der Waals surface area (Å²) in [7, 11) is 0. The largest absolute Gasteiger partial charge is 0.459 e. The van der Waals surface area contributed by atoms with Crippen molar-refractivity contribution in [2.24, 2.45) is 0 Å². The van der Waals surface area contributed by atoms with Crippen LogP contribution in [0.25, 0.3) is 0 Å². The van der Waals surface area contributed by atoms with Gasteiger partial charge in [0, 0.05) is 6.42 Å². The molecule has 0 bridgehead atoms. The van der Waals surface area contributed by atoms with Gasteiger partial charge >= 0.3 is 5.97 Å². The first-order chi connectivity index (χ1) is 7.24. The summed E-state index contributed by atoms with van der Waals surface area (Å²) >= 11 is 0. The number of fused-ring (bicyclic) bond motifs is 1. The lowest BCUT2D eigenvalue weighted by Gasteiger charge is -2.21. The van der Waals surface area contributed by atoms with Crippen LogP contribution >= 0.6 is 0 Å². The Bertz CT molecular complexity index is 421. The summed E-state index contributed by atoms with van der Waals surface area (Å²) in [6.07, 6.45) is 1.05. The average Bonchev–Trinajstić information content (AvgIpc) is 2.99. The van der Waals surface area contributed by atoms with Crippen LogP contribution in [0.5, 0.6) is 0 Å². The molecule has 2 aliphatic heterocycles. The zero-order chi connectivity index (χ0) is 10.4. The highest BCUT2D eigenvalue weighted by Gasteiger charge is 2.28. The Kier molecular flexibility index (Phi) is 1.83. The lowest BCUT2D eigenvalue weighted by atomic mass is 9.96. The summed E-state index contributed by atoms with van der Waals surface area (Å²) < 4.78 is 10.4. The zero-order valence-corrected chi connectivity index (χ0v) is 8.53. The van der Waals surface area contributed by atoms with Crippen LogP contribution in [0.2, 0.25) is 0 Å². The van der Waals surface area contributed by atoms with E-state index in [1.165, 1.54) is 5.56 Å². The summed E-state index contributed by atoms with van der Waals surface area (Å²) in [4.78, 5) is 11.5. The fourth-order valence-electron chi connectivity index (χ4n) is 2.02. The highest BCUT2D eigenvalue weighted by molar-refractivity contribution is 5.92. The van der Waals surface area contributed by atoms with Crippen molar-refractivity contribution in [2.75, 3.05) is 6.61 Å². The van der Waals surface area contributed by atoms with Gasteiger partial charge in [-0.15, -0.1) is 0 Å². The van der Waals surface area contributed by atoms with Crippen LogP contribution < -0.4 is 0 Å². The van der Waals surface area contributed by atoms with Crippen molar-refractivity contribution in [1.29, 1.82) is 0 Å². The normalized spacial score (nSPS) is 28.2. The van der Waals surface area contributed by atoms with Crippen LogP contribution in [0.3, 0.4) is 0 Å². The van der Waals surface area contributed by atoms with Gasteiger partial charge in [-0.3, -0.25) is 0 Å². The molecular formula is C12H12O3. The number of cyclic esters (lactones) is 1. The molecule has 0 amide bonds. The fraction of sp³-hybridized carbons (Fsp3) is 0.417. The van der Waals surface area contributed by atoms with Crippen molar-refractivity contribution in [3.63, 3.8) is 0 Å². The molecule has 2 atom stereocenters. The highest BCUT2D eigenvalue weighted by Crippen LogP contribution is 2.32. The van der Waals surface area contributed by atoms with Gasteiger partial charge in [-0.1, -0.05) is 12.1 Å². The second-order valence-electron chi connectivity index (χ2n) is 4.16. The molecular weight excluding hydrogens is 192 g/mol. The van der Waals surface area contributed by atoms with E-state index in [2.05, 4.69) is 6.07 Å². The van der Waals surface area contributed by atoms with E-state index in [9.17, 15) is 4.79 Å². The van der Waals surface area contributed by atoms with Gasteiger partial charge < -0.3 is 9.47 Å². The molecule has 3 rings (SSSR count). The van der Waals surface area contributed by atoms with Gasteiger partial charge in [-0.2, -0.15) is 0 Å². The monoisotopic (exact) mass is 204 g/mol. The third-order valence-electron chi connectivity index (χ3n) is 2.87. The molecule has 15 heavy (non-hydrogen) atoms. The topological polar surface area (TPSA) is 38.8 Å². The SMILES string of the molecule is C[C@@H]1Cc2cc([C@H]3CO3)ccc2C(=O)O1. The second-order valence-corrected chi connectivity index (χ2v) is 4.16. The number of hydrogen-bond donors (Lipinski definition) is 0. The van der Waals surface area contributed by atoms with Gasteiger partial charge in [0.1, 0.15) is 12.2 Å². The summed E-state index contributed by atoms with van der Waals surface area (Å²) in [5, 5.41) is 0. The molecule has 0 spiro atoms. The van der Waals surface area contributed by atoms with E-state index in [1.807, 2.05) is 19.1 Å². The maximum atomic E-state index is 11.5. The smallest absolute Gasteiger partial charge is 0.338 e. The Hall–Kier alpha value is -1.35. The van der Waals surface area contributed by atoms with E-state index < -0.39 is 0 Å². The second kappa shape index (κ2) is 3.07. The lowest BCUT2D eigenvalue weighted by Crippen LogP contribution is -2.25. The third-order valence-corrected chi connectivity index (χ3v) is 2.87. The molecule has 2 aliphatic rings. The van der Waals surface area contributed by atoms with Gasteiger partial charge in [0.25, 0.3) is 0 Å². The van der Waals surface area contributed by atoms with Crippen molar-refractivity contribution >= 4 is 5.97 Å². The van der Waals surface area contributed by atoms with E-state index in [1.54, 1.807) is 0 Å². The molecule has 1 aromatic rings. The van der Waals surface area contributed by atoms with E-state index >= 15 is 0 Å². The van der Waals surface area contributed by atoms with E-state index in [4.69, 9.17) is 9.47 Å². The molecule has 3 heteroatoms. The van der Waals surface area contributed by atoms with Crippen molar-refractivity contribution in [1.82, 2.24) is 0 Å². The van der Waals surface area contributed by atoms with Crippen LogP contribution in [0.1, 0.15) is 34.5 Å². The third kappa shape index (κ3) is 1.53. The van der Waals surface area contributed by atoms with Crippen LogP contribution in [-0.4, -0.2) is 18.7 Å². The first kappa shape index (κ1) is 8.92. The maximum absolute atomic E-state index is 11.5. The van der Waals surface area contributed by atoms with Crippen LogP contribution in [-0.2, 0) is 15.9 Å². The van der Waals surface area contributed by atoms with Gasteiger partial charge in [0.15, 0.2) is 0 Å². The summed E-state index contributed by atoms with van der Waals surface area (Å²) in [5.74, 6) is -0.202. The Balaban J connectivity index is 2.02. The minimum Gasteiger partial charge on any atom is -0.459 e. The number of carbonyl (C=O) groups is 1. The summed E-state index contributed by atoms with van der Waals surface area (Å²) in [5.41, 5.74) is 2.97. The predicted molar refractivity (Wildman–Crippen MR) is 53.7 cm³/mol. The van der Waals surface area contributed by atoms with E-state index in [0.717, 1.165) is 18.6 Å². The number of carbonyl (C=O) groups excluding carboxylic acids is 1. The lowest BCUT2D eigenvalue weighted by molar-refractivity contribution is 0.0301. The zero-order valence-electron chi connectivity index (χ0n) is 8.53. The first-order valence-electron chi connectivity index (χ1n) is 5.19. The predicted octanol–water partition coefficient (Wildman–Crippen LogP) is 1.86. The van der Waals surface area contributed by atoms with E-state index in [0.29, 0.717) is 5.56 Å². The maximum Gasteiger partial charge on any atom is 0.338 e. The quantitative estimate of drug-likeness (QED) is 0.517. The number of benzene rings is 1. The van der Waals surface area contributed by atoms with Crippen molar-refractivity contribution < 1.29 is 14.3 Å². The molecule has 0 saturated carbocycles. The first-order valence-corrected chi connectivity index (χ1v) is 5.19. The Morgan fingerprint density at radius 2 is 2.20 bits per heavy atom. The number of hydrogen-bond acceptors (Lipinski definition) is 3. The molecule has 1 saturated heterocycles. The van der Waals surface area contributed by atoms with E-state index in [-0.39, 0.29) is 18.2 Å². The molecule has 3 nitrogen and oxygen atoms in total.